The Morgan fingerprint density at radius 1 is 0.700 bits per heavy atom. The Balaban J connectivity index is 5.39. The van der Waals surface area contributed by atoms with Crippen LogP contribution < -0.4 is 0 Å². The Labute approximate surface area is 128 Å². The van der Waals surface area contributed by atoms with Gasteiger partial charge in [-0.15, -0.1) is 0 Å². The third kappa shape index (κ3) is 6.22. The van der Waals surface area contributed by atoms with E-state index in [1.807, 2.05) is 0 Å². The maximum absolute atomic E-state index is 4.84. The van der Waals surface area contributed by atoms with Gasteiger partial charge in [-0.05, 0) is 12.8 Å². The SMILES string of the molecule is CCC(=NN(C)[Si](C)(C)C)C(CC)=NN(C)[Si](C)(C)C. The number of hydrazone groups is 2. The molecule has 0 aromatic carbocycles. The van der Waals surface area contributed by atoms with Crippen molar-refractivity contribution < 1.29 is 0 Å². The monoisotopic (exact) mass is 314 g/mol. The van der Waals surface area contributed by atoms with Crippen LogP contribution >= 0.6 is 0 Å². The number of nitrogens with zero attached hydrogens (tertiary/aromatic N) is 4. The van der Waals surface area contributed by atoms with E-state index in [1.165, 1.54) is 0 Å². The van der Waals surface area contributed by atoms with Crippen molar-refractivity contribution in [3.63, 3.8) is 0 Å². The van der Waals surface area contributed by atoms with Crippen molar-refractivity contribution in [3.05, 3.63) is 0 Å². The van der Waals surface area contributed by atoms with Gasteiger partial charge in [0.05, 0.1) is 11.4 Å². The Morgan fingerprint density at radius 2 is 0.950 bits per heavy atom. The van der Waals surface area contributed by atoms with Crippen molar-refractivity contribution >= 4 is 27.9 Å². The average Bonchev–Trinajstić information content (AvgIpc) is 2.30. The van der Waals surface area contributed by atoms with Crippen molar-refractivity contribution in [2.24, 2.45) is 10.2 Å². The summed E-state index contributed by atoms with van der Waals surface area (Å²) in [5.41, 5.74) is 2.25. The summed E-state index contributed by atoms with van der Waals surface area (Å²) in [4.78, 5) is 0. The summed E-state index contributed by atoms with van der Waals surface area (Å²) >= 11 is 0. The fourth-order valence-electron chi connectivity index (χ4n) is 1.33. The fraction of sp³-hybridized carbons (Fsp3) is 0.857. The van der Waals surface area contributed by atoms with E-state index in [2.05, 4.69) is 76.6 Å². The molecule has 0 heterocycles. The summed E-state index contributed by atoms with van der Waals surface area (Å²) in [6.07, 6.45) is 1.86. The topological polar surface area (TPSA) is 31.2 Å². The molecule has 6 heteroatoms. The molecule has 0 rings (SSSR count). The fourth-order valence-corrected chi connectivity index (χ4v) is 2.17. The van der Waals surface area contributed by atoms with Gasteiger partial charge in [-0.25, -0.2) is 0 Å². The van der Waals surface area contributed by atoms with Crippen LogP contribution in [0, 0.1) is 0 Å². The van der Waals surface area contributed by atoms with E-state index in [9.17, 15) is 0 Å². The highest BCUT2D eigenvalue weighted by molar-refractivity contribution is 6.73. The standard InChI is InChI=1S/C14H34N4Si2/c1-11-13(15-17(3)19(5,6)7)14(12-2)16-18(4)20(8,9)10/h11-12H2,1-10H3. The van der Waals surface area contributed by atoms with Crippen LogP contribution in [-0.4, -0.2) is 51.3 Å². The summed E-state index contributed by atoms with van der Waals surface area (Å²) in [5.74, 6) is 0. The second-order valence-corrected chi connectivity index (χ2v) is 17.2. The van der Waals surface area contributed by atoms with Gasteiger partial charge in [-0.3, -0.25) is 0 Å². The summed E-state index contributed by atoms with van der Waals surface area (Å²) < 4.78 is 4.34. The Kier molecular flexibility index (Phi) is 7.17. The largest absolute Gasteiger partial charge is 0.327 e. The molecule has 0 aromatic rings. The average molecular weight is 315 g/mol. The molecule has 0 spiro atoms. The van der Waals surface area contributed by atoms with E-state index in [0.717, 1.165) is 24.3 Å². The number of hydrogen-bond acceptors (Lipinski definition) is 4. The van der Waals surface area contributed by atoms with Gasteiger partial charge in [0.1, 0.15) is 0 Å². The summed E-state index contributed by atoms with van der Waals surface area (Å²) in [6.45, 7) is 18.2. The first-order valence-electron chi connectivity index (χ1n) is 7.56. The molecule has 0 aromatic heterocycles. The van der Waals surface area contributed by atoms with Gasteiger partial charge < -0.3 is 9.35 Å². The predicted molar refractivity (Wildman–Crippen MR) is 97.7 cm³/mol. The minimum atomic E-state index is -1.39. The van der Waals surface area contributed by atoms with E-state index in [4.69, 9.17) is 10.2 Å². The molecule has 0 bridgehead atoms. The molecular weight excluding hydrogens is 280 g/mol. The lowest BCUT2D eigenvalue weighted by atomic mass is 10.1. The summed E-state index contributed by atoms with van der Waals surface area (Å²) in [6, 6.07) is 0. The van der Waals surface area contributed by atoms with Crippen LogP contribution in [0.25, 0.3) is 0 Å². The highest BCUT2D eigenvalue weighted by atomic mass is 28.3. The molecule has 0 saturated carbocycles. The minimum Gasteiger partial charge on any atom is -0.327 e. The van der Waals surface area contributed by atoms with Crippen LogP contribution in [0.2, 0.25) is 39.3 Å². The Hall–Kier alpha value is -0.626. The quantitative estimate of drug-likeness (QED) is 0.403. The van der Waals surface area contributed by atoms with Crippen LogP contribution in [0.15, 0.2) is 10.2 Å². The van der Waals surface area contributed by atoms with E-state index < -0.39 is 16.5 Å². The third-order valence-electron chi connectivity index (χ3n) is 3.49. The minimum absolute atomic E-state index is 0.932. The molecule has 20 heavy (non-hydrogen) atoms. The van der Waals surface area contributed by atoms with Gasteiger partial charge in [-0.2, -0.15) is 10.2 Å². The van der Waals surface area contributed by atoms with Gasteiger partial charge >= 0.3 is 0 Å². The van der Waals surface area contributed by atoms with Crippen LogP contribution in [0.1, 0.15) is 26.7 Å². The van der Waals surface area contributed by atoms with Gasteiger partial charge in [-0.1, -0.05) is 53.1 Å². The third-order valence-corrected chi connectivity index (χ3v) is 7.57. The van der Waals surface area contributed by atoms with E-state index in [1.54, 1.807) is 0 Å². The van der Waals surface area contributed by atoms with E-state index in [-0.39, 0.29) is 0 Å². The zero-order chi connectivity index (χ0) is 16.1. The van der Waals surface area contributed by atoms with Crippen LogP contribution in [-0.2, 0) is 0 Å². The molecule has 0 aliphatic rings. The molecular formula is C14H34N4Si2. The molecule has 0 aliphatic carbocycles. The van der Waals surface area contributed by atoms with Crippen molar-refractivity contribution in [2.45, 2.75) is 66.0 Å². The summed E-state index contributed by atoms with van der Waals surface area (Å²) in [5, 5.41) is 9.68. The smallest absolute Gasteiger partial charge is 0.168 e. The lowest BCUT2D eigenvalue weighted by molar-refractivity contribution is 0.541. The lowest BCUT2D eigenvalue weighted by Gasteiger charge is -2.30. The van der Waals surface area contributed by atoms with Crippen molar-refractivity contribution in [3.8, 4) is 0 Å². The van der Waals surface area contributed by atoms with Crippen molar-refractivity contribution in [1.29, 1.82) is 0 Å². The second-order valence-electron chi connectivity index (χ2n) is 7.19. The second kappa shape index (κ2) is 7.40. The molecule has 0 fully saturated rings. The van der Waals surface area contributed by atoms with Gasteiger partial charge in [0, 0.05) is 14.1 Å². The van der Waals surface area contributed by atoms with Crippen LogP contribution in [0.5, 0.6) is 0 Å². The molecule has 0 aliphatic heterocycles. The van der Waals surface area contributed by atoms with E-state index in [0.29, 0.717) is 0 Å². The van der Waals surface area contributed by atoms with Gasteiger partial charge in [0.15, 0.2) is 16.5 Å². The van der Waals surface area contributed by atoms with Crippen LogP contribution in [0.4, 0.5) is 0 Å². The molecule has 118 valence electrons. The maximum Gasteiger partial charge on any atom is 0.168 e. The van der Waals surface area contributed by atoms with Crippen molar-refractivity contribution in [1.82, 2.24) is 9.35 Å². The molecule has 4 nitrogen and oxygen atoms in total. The highest BCUT2D eigenvalue weighted by Gasteiger charge is 2.22. The summed E-state index contributed by atoms with van der Waals surface area (Å²) in [7, 11) is 1.41. The van der Waals surface area contributed by atoms with Gasteiger partial charge in [0.25, 0.3) is 0 Å². The zero-order valence-electron chi connectivity index (χ0n) is 15.2. The number of rotatable bonds is 7. The highest BCUT2D eigenvalue weighted by Crippen LogP contribution is 2.11. The normalized spacial score (nSPS) is 14.5. The predicted octanol–water partition coefficient (Wildman–Crippen LogP) is 4.05. The molecule has 0 atom stereocenters. The van der Waals surface area contributed by atoms with E-state index >= 15 is 0 Å². The first-order valence-corrected chi connectivity index (χ1v) is 14.5. The zero-order valence-corrected chi connectivity index (χ0v) is 17.2. The Bertz CT molecular complexity index is 328. The van der Waals surface area contributed by atoms with Gasteiger partial charge in [0.2, 0.25) is 0 Å². The molecule has 0 radical (unpaired) electrons. The van der Waals surface area contributed by atoms with Crippen LogP contribution in [0.3, 0.4) is 0 Å². The molecule has 0 saturated heterocycles. The Morgan fingerprint density at radius 3 is 1.10 bits per heavy atom. The number of hydrogen-bond donors (Lipinski definition) is 0. The first kappa shape index (κ1) is 19.4. The first-order chi connectivity index (χ1) is 8.93. The lowest BCUT2D eigenvalue weighted by Crippen LogP contribution is -2.42. The molecule has 0 unspecified atom stereocenters. The molecule has 0 amide bonds. The maximum atomic E-state index is 4.84. The molecule has 0 N–H and O–H groups in total. The van der Waals surface area contributed by atoms with Crippen molar-refractivity contribution in [2.75, 3.05) is 14.1 Å².